The lowest BCUT2D eigenvalue weighted by Gasteiger charge is -2.48. The number of rotatable bonds is 10. The Morgan fingerprint density at radius 3 is 1.92 bits per heavy atom. The maximum atomic E-state index is 14.2. The lowest BCUT2D eigenvalue weighted by Crippen LogP contribution is -2.56. The first-order valence-electron chi connectivity index (χ1n) is 18.4. The molecule has 9 nitrogen and oxygen atoms in total. The summed E-state index contributed by atoms with van der Waals surface area (Å²) in [6.07, 6.45) is -0.682. The van der Waals surface area contributed by atoms with Crippen molar-refractivity contribution in [1.82, 2.24) is 4.90 Å². The van der Waals surface area contributed by atoms with E-state index in [1.165, 1.54) is 0 Å². The van der Waals surface area contributed by atoms with Crippen LogP contribution in [0, 0.1) is 5.92 Å². The molecule has 0 saturated carbocycles. The minimum atomic E-state index is -2.53. The molecule has 1 aliphatic rings. The zero-order chi connectivity index (χ0) is 37.6. The highest BCUT2D eigenvalue weighted by Gasteiger charge is 2.52. The van der Waals surface area contributed by atoms with Gasteiger partial charge in [-0.15, -0.1) is 0 Å². The number of nitrogens with zero attached hydrogens (tertiary/aromatic N) is 1. The van der Waals surface area contributed by atoms with Gasteiger partial charge in [0.15, 0.2) is 6.04 Å². The molecule has 3 rings (SSSR count). The lowest BCUT2D eigenvalue weighted by molar-refractivity contribution is -0.160. The molecule has 1 saturated heterocycles. The molecule has 280 valence electrons. The van der Waals surface area contributed by atoms with E-state index in [0.29, 0.717) is 27.9 Å². The van der Waals surface area contributed by atoms with Crippen LogP contribution in [0.4, 0.5) is 9.59 Å². The Kier molecular flexibility index (Phi) is 14.1. The fraction of sp³-hybridized carbons (Fsp3) is 0.675. The molecule has 6 atom stereocenters. The minimum Gasteiger partial charge on any atom is -0.458 e. The summed E-state index contributed by atoms with van der Waals surface area (Å²) in [5.74, 6) is -0.991. The van der Waals surface area contributed by atoms with Crippen molar-refractivity contribution in [3.63, 3.8) is 0 Å². The molecule has 0 aromatic heterocycles. The Labute approximate surface area is 301 Å². The quantitative estimate of drug-likeness (QED) is 0.136. The van der Waals surface area contributed by atoms with Crippen LogP contribution in [0.15, 0.2) is 42.5 Å². The van der Waals surface area contributed by atoms with Crippen molar-refractivity contribution in [2.24, 2.45) is 5.92 Å². The number of carbonyl (C=O) groups is 3. The van der Waals surface area contributed by atoms with Crippen LogP contribution in [0.25, 0.3) is 10.8 Å². The summed E-state index contributed by atoms with van der Waals surface area (Å²) in [5.41, 5.74) is 0.252. The van der Waals surface area contributed by atoms with E-state index in [1.54, 1.807) is 41.5 Å². The zero-order valence-corrected chi connectivity index (χ0v) is 33.8. The smallest absolute Gasteiger partial charge is 0.420 e. The number of fused-ring (bicyclic) bond motifs is 1. The molecule has 0 N–H and O–H groups in total. The topological polar surface area (TPSA) is 101 Å². The van der Waals surface area contributed by atoms with E-state index in [4.69, 9.17) is 23.4 Å². The van der Waals surface area contributed by atoms with Crippen molar-refractivity contribution in [1.29, 1.82) is 0 Å². The maximum Gasteiger partial charge on any atom is 0.420 e. The molecule has 10 heteroatoms. The highest BCUT2D eigenvalue weighted by Crippen LogP contribution is 2.47. The first kappa shape index (κ1) is 41.5. The predicted molar refractivity (Wildman–Crippen MR) is 201 cm³/mol. The standard InChI is InChI=1S/C40H63NO8Si/c1-14-27(5)50(26(3)4,28(6)15-2)49-35-29(7)46-36(42)34(41(37(43)47-39(8,9)10)38(44)48-40(11,12)13)25-45-24-32(35)23-31-21-18-20-30-19-16-17-22-33(30)31/h16-22,26-29,32,34-35H,14-15,23-25H2,1-13H3. The van der Waals surface area contributed by atoms with Crippen LogP contribution < -0.4 is 0 Å². The molecule has 0 aliphatic carbocycles. The number of hydrogen-bond donors (Lipinski definition) is 0. The SMILES string of the molecule is CCC(C)[Si](OC1C(Cc2cccc3ccccc23)COCC(N(C(=O)OC(C)(C)C)C(=O)OC(C)(C)C)C(=O)OC1C)(C(C)C)C(C)CC. The van der Waals surface area contributed by atoms with Gasteiger partial charge in [-0.2, -0.15) is 4.90 Å². The molecule has 50 heavy (non-hydrogen) atoms. The normalized spacial score (nSPS) is 23.1. The summed E-state index contributed by atoms with van der Waals surface area (Å²) in [5, 5.41) is 2.29. The fourth-order valence-corrected chi connectivity index (χ4v) is 13.4. The van der Waals surface area contributed by atoms with Gasteiger partial charge < -0.3 is 23.4 Å². The maximum absolute atomic E-state index is 14.2. The van der Waals surface area contributed by atoms with Gasteiger partial charge in [0.1, 0.15) is 17.3 Å². The van der Waals surface area contributed by atoms with Gasteiger partial charge in [0.2, 0.25) is 8.32 Å². The summed E-state index contributed by atoms with van der Waals surface area (Å²) in [7, 11) is -2.53. The first-order chi connectivity index (χ1) is 23.3. The molecular formula is C40H63NO8Si. The van der Waals surface area contributed by atoms with Crippen molar-refractivity contribution < 1.29 is 37.8 Å². The van der Waals surface area contributed by atoms with Crippen LogP contribution in [0.2, 0.25) is 16.6 Å². The summed E-state index contributed by atoms with van der Waals surface area (Å²) in [4.78, 5) is 42.1. The fourth-order valence-electron chi connectivity index (χ4n) is 7.32. The molecule has 2 aromatic carbocycles. The van der Waals surface area contributed by atoms with Crippen molar-refractivity contribution in [2.75, 3.05) is 13.2 Å². The number of benzene rings is 2. The van der Waals surface area contributed by atoms with Gasteiger partial charge in [-0.1, -0.05) is 96.8 Å². The van der Waals surface area contributed by atoms with Gasteiger partial charge in [0, 0.05) is 5.92 Å². The second-order valence-electron chi connectivity index (χ2n) is 16.3. The van der Waals surface area contributed by atoms with Gasteiger partial charge in [0.05, 0.1) is 19.3 Å². The second-order valence-corrected chi connectivity index (χ2v) is 21.4. The van der Waals surface area contributed by atoms with Gasteiger partial charge in [-0.05, 0) is 87.8 Å². The van der Waals surface area contributed by atoms with Gasteiger partial charge >= 0.3 is 18.2 Å². The van der Waals surface area contributed by atoms with E-state index < -0.39 is 55.9 Å². The summed E-state index contributed by atoms with van der Waals surface area (Å²) in [6, 6.07) is 13.2. The van der Waals surface area contributed by atoms with Gasteiger partial charge in [-0.3, -0.25) is 0 Å². The highest BCUT2D eigenvalue weighted by atomic mass is 28.4. The molecule has 2 amide bonds. The Bertz CT molecular complexity index is 1400. The zero-order valence-electron chi connectivity index (χ0n) is 32.8. The van der Waals surface area contributed by atoms with Crippen molar-refractivity contribution in [3.8, 4) is 0 Å². The van der Waals surface area contributed by atoms with E-state index in [-0.39, 0.29) is 19.1 Å². The summed E-state index contributed by atoms with van der Waals surface area (Å²) in [6.45, 7) is 25.5. The molecule has 1 fully saturated rings. The van der Waals surface area contributed by atoms with Crippen LogP contribution in [0.1, 0.15) is 108 Å². The van der Waals surface area contributed by atoms with Crippen LogP contribution in [-0.2, 0) is 34.6 Å². The minimum absolute atomic E-state index is 0.211. The van der Waals surface area contributed by atoms with E-state index in [0.717, 1.165) is 29.2 Å². The average Bonchev–Trinajstić information content (AvgIpc) is 3.06. The number of amides is 2. The van der Waals surface area contributed by atoms with Crippen LogP contribution in [-0.4, -0.2) is 74.0 Å². The summed E-state index contributed by atoms with van der Waals surface area (Å²) < 4.78 is 31.5. The Balaban J connectivity index is 2.16. The number of cyclic esters (lactones) is 1. The average molecular weight is 714 g/mol. The number of ether oxygens (including phenoxy) is 4. The molecule has 0 bridgehead atoms. The Hall–Kier alpha value is -2.95. The molecule has 6 unspecified atom stereocenters. The molecule has 1 aliphatic heterocycles. The largest absolute Gasteiger partial charge is 0.458 e. The first-order valence-corrected chi connectivity index (χ1v) is 20.6. The monoisotopic (exact) mass is 713 g/mol. The molecule has 0 radical (unpaired) electrons. The predicted octanol–water partition coefficient (Wildman–Crippen LogP) is 9.84. The van der Waals surface area contributed by atoms with Crippen molar-refractivity contribution >= 4 is 37.2 Å². The van der Waals surface area contributed by atoms with Crippen molar-refractivity contribution in [3.05, 3.63) is 48.0 Å². The summed E-state index contributed by atoms with van der Waals surface area (Å²) >= 11 is 0. The van der Waals surface area contributed by atoms with E-state index in [2.05, 4.69) is 71.9 Å². The third kappa shape index (κ3) is 10.1. The molecule has 0 spiro atoms. The Morgan fingerprint density at radius 2 is 1.40 bits per heavy atom. The van der Waals surface area contributed by atoms with Crippen molar-refractivity contribution in [2.45, 2.75) is 155 Å². The van der Waals surface area contributed by atoms with E-state index >= 15 is 0 Å². The van der Waals surface area contributed by atoms with E-state index in [1.807, 2.05) is 19.1 Å². The number of carbonyl (C=O) groups excluding carboxylic acids is 3. The van der Waals surface area contributed by atoms with Gasteiger partial charge in [0.25, 0.3) is 0 Å². The lowest BCUT2D eigenvalue weighted by atomic mass is 9.89. The van der Waals surface area contributed by atoms with Gasteiger partial charge in [-0.25, -0.2) is 14.4 Å². The molecule has 2 aromatic rings. The third-order valence-corrected chi connectivity index (χ3v) is 16.4. The van der Waals surface area contributed by atoms with Crippen LogP contribution in [0.5, 0.6) is 0 Å². The second kappa shape index (κ2) is 17.0. The highest BCUT2D eigenvalue weighted by molar-refractivity contribution is 6.77. The van der Waals surface area contributed by atoms with E-state index in [9.17, 15) is 14.4 Å². The number of hydrogen-bond acceptors (Lipinski definition) is 8. The Morgan fingerprint density at radius 1 is 0.860 bits per heavy atom. The van der Waals surface area contributed by atoms with Crippen LogP contribution in [0.3, 0.4) is 0 Å². The number of imide groups is 1. The number of esters is 1. The third-order valence-electron chi connectivity index (χ3n) is 9.97. The molecular weight excluding hydrogens is 651 g/mol. The van der Waals surface area contributed by atoms with Crippen LogP contribution >= 0.6 is 0 Å². The molecule has 1 heterocycles.